The van der Waals surface area contributed by atoms with E-state index in [4.69, 9.17) is 15.2 Å². The third-order valence-electron chi connectivity index (χ3n) is 2.49. The van der Waals surface area contributed by atoms with Gasteiger partial charge in [0.2, 0.25) is 5.88 Å². The van der Waals surface area contributed by atoms with Crippen molar-refractivity contribution in [1.29, 1.82) is 0 Å². The fourth-order valence-corrected chi connectivity index (χ4v) is 1.58. The van der Waals surface area contributed by atoms with Gasteiger partial charge in [-0.05, 0) is 5.92 Å². The van der Waals surface area contributed by atoms with E-state index in [1.54, 1.807) is 13.2 Å². The van der Waals surface area contributed by atoms with E-state index in [2.05, 4.69) is 35.7 Å². The Kier molecular flexibility index (Phi) is 6.79. The van der Waals surface area contributed by atoms with Crippen LogP contribution in [0.1, 0.15) is 19.7 Å². The first-order valence-electron chi connectivity index (χ1n) is 6.71. The zero-order chi connectivity index (χ0) is 15.0. The van der Waals surface area contributed by atoms with Gasteiger partial charge in [0.05, 0.1) is 6.61 Å². The molecule has 0 saturated carbocycles. The average molecular weight is 280 g/mol. The summed E-state index contributed by atoms with van der Waals surface area (Å²) in [5, 5.41) is 3.10. The zero-order valence-corrected chi connectivity index (χ0v) is 12.5. The molecule has 0 radical (unpaired) electrons. The SMILES string of the molecule is C=CCNc1nc(CC(C)C)nc(OCCOC)c1N. The minimum atomic E-state index is 0.402. The van der Waals surface area contributed by atoms with Crippen LogP contribution in [0.5, 0.6) is 5.88 Å². The van der Waals surface area contributed by atoms with Crippen molar-refractivity contribution in [3.8, 4) is 5.88 Å². The van der Waals surface area contributed by atoms with Gasteiger partial charge in [-0.1, -0.05) is 19.9 Å². The van der Waals surface area contributed by atoms with Crippen molar-refractivity contribution in [2.45, 2.75) is 20.3 Å². The minimum absolute atomic E-state index is 0.402. The third kappa shape index (κ3) is 5.05. The molecule has 0 atom stereocenters. The van der Waals surface area contributed by atoms with Crippen LogP contribution in [0, 0.1) is 5.92 Å². The van der Waals surface area contributed by atoms with E-state index in [1.807, 2.05) is 0 Å². The first-order chi connectivity index (χ1) is 9.58. The molecule has 0 saturated heterocycles. The lowest BCUT2D eigenvalue weighted by atomic mass is 10.1. The van der Waals surface area contributed by atoms with Crippen molar-refractivity contribution in [3.05, 3.63) is 18.5 Å². The predicted molar refractivity (Wildman–Crippen MR) is 81.0 cm³/mol. The quantitative estimate of drug-likeness (QED) is 0.531. The van der Waals surface area contributed by atoms with E-state index in [1.165, 1.54) is 0 Å². The molecule has 1 rings (SSSR count). The molecule has 6 nitrogen and oxygen atoms in total. The lowest BCUT2D eigenvalue weighted by Gasteiger charge is -2.14. The average Bonchev–Trinajstić information content (AvgIpc) is 2.40. The number of rotatable bonds is 9. The summed E-state index contributed by atoms with van der Waals surface area (Å²) < 4.78 is 10.5. The van der Waals surface area contributed by atoms with Gasteiger partial charge in [-0.15, -0.1) is 6.58 Å². The van der Waals surface area contributed by atoms with Crippen molar-refractivity contribution < 1.29 is 9.47 Å². The lowest BCUT2D eigenvalue weighted by molar-refractivity contribution is 0.144. The van der Waals surface area contributed by atoms with Gasteiger partial charge < -0.3 is 20.5 Å². The second kappa shape index (κ2) is 8.37. The van der Waals surface area contributed by atoms with Crippen molar-refractivity contribution in [1.82, 2.24) is 9.97 Å². The van der Waals surface area contributed by atoms with E-state index in [9.17, 15) is 0 Å². The van der Waals surface area contributed by atoms with Crippen molar-refractivity contribution in [2.24, 2.45) is 5.92 Å². The molecule has 0 aromatic carbocycles. The number of nitrogens with two attached hydrogens (primary N) is 1. The highest BCUT2D eigenvalue weighted by Gasteiger charge is 2.13. The van der Waals surface area contributed by atoms with Crippen LogP contribution < -0.4 is 15.8 Å². The monoisotopic (exact) mass is 280 g/mol. The summed E-state index contributed by atoms with van der Waals surface area (Å²) in [4.78, 5) is 8.81. The van der Waals surface area contributed by atoms with Gasteiger partial charge in [0.25, 0.3) is 0 Å². The number of aromatic nitrogens is 2. The highest BCUT2D eigenvalue weighted by molar-refractivity contribution is 5.67. The normalized spacial score (nSPS) is 10.6. The first-order valence-corrected chi connectivity index (χ1v) is 6.71. The molecule has 0 aliphatic heterocycles. The molecular weight excluding hydrogens is 256 g/mol. The van der Waals surface area contributed by atoms with Crippen LogP contribution in [0.15, 0.2) is 12.7 Å². The summed E-state index contributed by atoms with van der Waals surface area (Å²) in [5.41, 5.74) is 6.43. The van der Waals surface area contributed by atoms with Gasteiger partial charge in [0.15, 0.2) is 5.82 Å². The van der Waals surface area contributed by atoms with E-state index in [0.29, 0.717) is 48.9 Å². The molecule has 0 fully saturated rings. The van der Waals surface area contributed by atoms with Crippen molar-refractivity contribution in [3.63, 3.8) is 0 Å². The Morgan fingerprint density at radius 2 is 2.10 bits per heavy atom. The van der Waals surface area contributed by atoms with E-state index in [-0.39, 0.29) is 0 Å². The molecule has 0 spiro atoms. The van der Waals surface area contributed by atoms with Crippen molar-refractivity contribution >= 4 is 11.5 Å². The van der Waals surface area contributed by atoms with Gasteiger partial charge in [-0.3, -0.25) is 0 Å². The number of hydrogen-bond acceptors (Lipinski definition) is 6. The van der Waals surface area contributed by atoms with Gasteiger partial charge in [0, 0.05) is 20.1 Å². The van der Waals surface area contributed by atoms with Gasteiger partial charge in [-0.25, -0.2) is 4.98 Å². The molecule has 1 heterocycles. The summed E-state index contributed by atoms with van der Waals surface area (Å²) in [6.45, 7) is 9.36. The molecule has 0 unspecified atom stereocenters. The molecule has 112 valence electrons. The second-order valence-electron chi connectivity index (χ2n) is 4.82. The van der Waals surface area contributed by atoms with Crippen LogP contribution in [0.3, 0.4) is 0 Å². The smallest absolute Gasteiger partial charge is 0.242 e. The highest BCUT2D eigenvalue weighted by Crippen LogP contribution is 2.26. The molecule has 20 heavy (non-hydrogen) atoms. The maximum absolute atomic E-state index is 6.02. The zero-order valence-electron chi connectivity index (χ0n) is 12.5. The molecule has 1 aromatic heterocycles. The molecule has 6 heteroatoms. The molecule has 0 amide bonds. The van der Waals surface area contributed by atoms with Crippen molar-refractivity contribution in [2.75, 3.05) is 37.9 Å². The standard InChI is InChI=1S/C14H24N4O2/c1-5-6-16-13-12(15)14(20-8-7-19-4)18-11(17-13)9-10(2)3/h5,10H,1,6-9,15H2,2-4H3,(H,16,17,18). The number of ether oxygens (including phenoxy) is 2. The summed E-state index contributed by atoms with van der Waals surface area (Å²) in [7, 11) is 1.62. The van der Waals surface area contributed by atoms with Gasteiger partial charge in [-0.2, -0.15) is 4.98 Å². The molecule has 3 N–H and O–H groups in total. The number of nitrogens with zero attached hydrogens (tertiary/aromatic N) is 2. The van der Waals surface area contributed by atoms with Crippen LogP contribution >= 0.6 is 0 Å². The summed E-state index contributed by atoms with van der Waals surface area (Å²) in [6.07, 6.45) is 2.51. The number of anilines is 2. The first kappa shape index (κ1) is 16.2. The molecule has 1 aromatic rings. The minimum Gasteiger partial charge on any atom is -0.474 e. The third-order valence-corrected chi connectivity index (χ3v) is 2.49. The molecule has 0 aliphatic rings. The molecular formula is C14H24N4O2. The highest BCUT2D eigenvalue weighted by atomic mass is 16.5. The Labute approximate surface area is 120 Å². The Morgan fingerprint density at radius 1 is 1.35 bits per heavy atom. The Morgan fingerprint density at radius 3 is 2.70 bits per heavy atom. The van der Waals surface area contributed by atoms with Crippen LogP contribution in [0.2, 0.25) is 0 Å². The number of hydrogen-bond donors (Lipinski definition) is 2. The number of methoxy groups -OCH3 is 1. The summed E-state index contributed by atoms with van der Waals surface area (Å²) in [6, 6.07) is 0. The van der Waals surface area contributed by atoms with E-state index in [0.717, 1.165) is 6.42 Å². The van der Waals surface area contributed by atoms with E-state index < -0.39 is 0 Å². The number of nitrogens with one attached hydrogen (secondary N) is 1. The number of nitrogen functional groups attached to an aromatic ring is 1. The van der Waals surface area contributed by atoms with Crippen LogP contribution in [0.25, 0.3) is 0 Å². The topological polar surface area (TPSA) is 82.3 Å². The maximum atomic E-state index is 6.02. The van der Waals surface area contributed by atoms with E-state index >= 15 is 0 Å². The largest absolute Gasteiger partial charge is 0.474 e. The lowest BCUT2D eigenvalue weighted by Crippen LogP contribution is -2.13. The fraction of sp³-hybridized carbons (Fsp3) is 0.571. The summed E-state index contributed by atoms with van der Waals surface area (Å²) in [5.74, 6) is 2.16. The predicted octanol–water partition coefficient (Wildman–Crippen LogP) is 1.88. The van der Waals surface area contributed by atoms with Gasteiger partial charge >= 0.3 is 0 Å². The maximum Gasteiger partial charge on any atom is 0.242 e. The Balaban J connectivity index is 2.96. The van der Waals surface area contributed by atoms with Crippen LogP contribution in [-0.4, -0.2) is 36.8 Å². The Hall–Kier alpha value is -1.82. The summed E-state index contributed by atoms with van der Waals surface area (Å²) >= 11 is 0. The second-order valence-corrected chi connectivity index (χ2v) is 4.82. The van der Waals surface area contributed by atoms with Crippen LogP contribution in [0.4, 0.5) is 11.5 Å². The molecule has 0 bridgehead atoms. The fourth-order valence-electron chi connectivity index (χ4n) is 1.58. The Bertz CT molecular complexity index is 435. The van der Waals surface area contributed by atoms with Gasteiger partial charge in [0.1, 0.15) is 18.1 Å². The van der Waals surface area contributed by atoms with Crippen LogP contribution in [-0.2, 0) is 11.2 Å². The molecule has 0 aliphatic carbocycles.